The van der Waals surface area contributed by atoms with Crippen LogP contribution in [0.5, 0.6) is 0 Å². The van der Waals surface area contributed by atoms with Gasteiger partial charge in [0.2, 0.25) is 0 Å². The summed E-state index contributed by atoms with van der Waals surface area (Å²) in [7, 11) is 0. The van der Waals surface area contributed by atoms with E-state index in [1.54, 1.807) is 0 Å². The Morgan fingerprint density at radius 3 is 2.96 bits per heavy atom. The second-order valence-electron chi connectivity index (χ2n) is 7.39. The fourth-order valence-electron chi connectivity index (χ4n) is 4.17. The summed E-state index contributed by atoms with van der Waals surface area (Å²) in [6.45, 7) is 4.97. The first-order chi connectivity index (χ1) is 13.3. The quantitative estimate of drug-likeness (QED) is 0.735. The zero-order valence-corrected chi connectivity index (χ0v) is 16.7. The maximum Gasteiger partial charge on any atom is 0.170 e. The number of nitrogens with zero attached hydrogens (tertiary/aromatic N) is 3. The number of nitrogens with one attached hydrogen (secondary N) is 1. The highest BCUT2D eigenvalue weighted by Crippen LogP contribution is 2.39. The standard InChI is InChI=1S/C21H28N4OS/c1-2-3-13-25-20(19(23-21(25)27)17-9-4-5-11-22-17)18-10-6-12-24(18)15-16-8-7-14-26-16/h4-6,9-12,16,19-20H,2-3,7-8,13-15H2,1H3,(H,23,27). The van der Waals surface area contributed by atoms with Gasteiger partial charge in [-0.05, 0) is 55.7 Å². The molecule has 0 radical (unpaired) electrons. The average molecular weight is 385 g/mol. The fourth-order valence-corrected chi connectivity index (χ4v) is 4.50. The molecule has 0 aromatic carbocycles. The summed E-state index contributed by atoms with van der Waals surface area (Å²) in [6, 6.07) is 10.7. The summed E-state index contributed by atoms with van der Waals surface area (Å²) in [4.78, 5) is 6.97. The number of aromatic nitrogens is 2. The molecule has 27 heavy (non-hydrogen) atoms. The molecule has 4 heterocycles. The normalized spacial score (nSPS) is 25.1. The van der Waals surface area contributed by atoms with Crippen molar-refractivity contribution in [3.63, 3.8) is 0 Å². The first-order valence-corrected chi connectivity index (χ1v) is 10.4. The summed E-state index contributed by atoms with van der Waals surface area (Å²) in [5, 5.41) is 4.37. The van der Waals surface area contributed by atoms with Crippen LogP contribution >= 0.6 is 12.2 Å². The van der Waals surface area contributed by atoms with Gasteiger partial charge in [-0.15, -0.1) is 0 Å². The molecule has 5 nitrogen and oxygen atoms in total. The molecule has 2 fully saturated rings. The van der Waals surface area contributed by atoms with Crippen LogP contribution in [0.4, 0.5) is 0 Å². The van der Waals surface area contributed by atoms with E-state index >= 15 is 0 Å². The Morgan fingerprint density at radius 1 is 1.30 bits per heavy atom. The van der Waals surface area contributed by atoms with Crippen molar-refractivity contribution in [2.24, 2.45) is 0 Å². The summed E-state index contributed by atoms with van der Waals surface area (Å²) < 4.78 is 8.23. The lowest BCUT2D eigenvalue weighted by Crippen LogP contribution is -2.32. The van der Waals surface area contributed by atoms with E-state index in [0.29, 0.717) is 6.10 Å². The van der Waals surface area contributed by atoms with E-state index in [1.165, 1.54) is 5.69 Å². The van der Waals surface area contributed by atoms with Crippen LogP contribution in [-0.2, 0) is 11.3 Å². The van der Waals surface area contributed by atoms with E-state index in [-0.39, 0.29) is 12.1 Å². The van der Waals surface area contributed by atoms with Gasteiger partial charge in [0.1, 0.15) is 0 Å². The van der Waals surface area contributed by atoms with E-state index in [2.05, 4.69) is 51.1 Å². The molecule has 2 aliphatic rings. The molecule has 6 heteroatoms. The number of pyridine rings is 1. The van der Waals surface area contributed by atoms with Crippen molar-refractivity contribution >= 4 is 17.3 Å². The third kappa shape index (κ3) is 3.87. The van der Waals surface area contributed by atoms with Crippen molar-refractivity contribution in [1.29, 1.82) is 0 Å². The maximum atomic E-state index is 5.88. The Bertz CT molecular complexity index is 757. The van der Waals surface area contributed by atoms with Gasteiger partial charge < -0.3 is 19.5 Å². The van der Waals surface area contributed by atoms with E-state index < -0.39 is 0 Å². The van der Waals surface area contributed by atoms with E-state index in [0.717, 1.165) is 56.2 Å². The number of hydrogen-bond donors (Lipinski definition) is 1. The van der Waals surface area contributed by atoms with Gasteiger partial charge in [0.05, 0.1) is 23.9 Å². The molecule has 2 aromatic rings. The Kier molecular flexibility index (Phi) is 5.74. The molecule has 0 bridgehead atoms. The van der Waals surface area contributed by atoms with Gasteiger partial charge in [0.25, 0.3) is 0 Å². The topological polar surface area (TPSA) is 42.3 Å². The largest absolute Gasteiger partial charge is 0.376 e. The van der Waals surface area contributed by atoms with Crippen LogP contribution in [0, 0.1) is 0 Å². The Hall–Kier alpha value is -1.92. The average Bonchev–Trinajstić information content (AvgIpc) is 3.42. The lowest BCUT2D eigenvalue weighted by atomic mass is 10.0. The first-order valence-electron chi connectivity index (χ1n) is 10.0. The van der Waals surface area contributed by atoms with Crippen molar-refractivity contribution in [2.45, 2.75) is 57.3 Å². The Balaban J connectivity index is 1.66. The lowest BCUT2D eigenvalue weighted by molar-refractivity contribution is 0.0953. The van der Waals surface area contributed by atoms with Crippen molar-refractivity contribution in [1.82, 2.24) is 19.8 Å². The minimum Gasteiger partial charge on any atom is -0.376 e. The van der Waals surface area contributed by atoms with Gasteiger partial charge in [-0.25, -0.2) is 0 Å². The smallest absolute Gasteiger partial charge is 0.170 e. The maximum absolute atomic E-state index is 5.88. The van der Waals surface area contributed by atoms with E-state index in [1.807, 2.05) is 18.3 Å². The van der Waals surface area contributed by atoms with Gasteiger partial charge in [0, 0.05) is 37.8 Å². The molecule has 4 rings (SSSR count). The molecule has 0 saturated carbocycles. The molecule has 144 valence electrons. The monoisotopic (exact) mass is 384 g/mol. The summed E-state index contributed by atoms with van der Waals surface area (Å²) in [5.41, 5.74) is 2.32. The molecule has 0 spiro atoms. The van der Waals surface area contributed by atoms with Crippen molar-refractivity contribution < 1.29 is 4.74 Å². The highest BCUT2D eigenvalue weighted by Gasteiger charge is 2.40. The van der Waals surface area contributed by atoms with Crippen molar-refractivity contribution in [2.75, 3.05) is 13.2 Å². The summed E-state index contributed by atoms with van der Waals surface area (Å²) in [6.07, 6.45) is 8.92. The molecule has 2 aliphatic heterocycles. The fraction of sp³-hybridized carbons (Fsp3) is 0.524. The van der Waals surface area contributed by atoms with Crippen LogP contribution in [0.25, 0.3) is 0 Å². The molecule has 3 atom stereocenters. The molecule has 2 saturated heterocycles. The van der Waals surface area contributed by atoms with Crippen LogP contribution in [0.15, 0.2) is 42.7 Å². The molecule has 0 aliphatic carbocycles. The van der Waals surface area contributed by atoms with Crippen LogP contribution in [0.3, 0.4) is 0 Å². The van der Waals surface area contributed by atoms with Crippen molar-refractivity contribution in [3.8, 4) is 0 Å². The number of ether oxygens (including phenoxy) is 1. The summed E-state index contributed by atoms with van der Waals surface area (Å²) in [5.74, 6) is 0. The molecule has 1 N–H and O–H groups in total. The molecule has 0 amide bonds. The second-order valence-corrected chi connectivity index (χ2v) is 7.78. The Morgan fingerprint density at radius 2 is 2.22 bits per heavy atom. The number of thiocarbonyl (C=S) groups is 1. The van der Waals surface area contributed by atoms with Gasteiger partial charge in [-0.2, -0.15) is 0 Å². The predicted molar refractivity (Wildman–Crippen MR) is 110 cm³/mol. The second kappa shape index (κ2) is 8.40. The van der Waals surface area contributed by atoms with Gasteiger partial charge >= 0.3 is 0 Å². The van der Waals surface area contributed by atoms with Crippen LogP contribution in [0.1, 0.15) is 56.1 Å². The molecule has 2 aromatic heterocycles. The minimum absolute atomic E-state index is 0.0636. The minimum atomic E-state index is 0.0636. The lowest BCUT2D eigenvalue weighted by Gasteiger charge is -2.29. The van der Waals surface area contributed by atoms with Crippen molar-refractivity contribution in [3.05, 3.63) is 54.1 Å². The SMILES string of the molecule is CCCCN1C(=S)NC(c2ccccn2)C1c1cccn1CC1CCCO1. The zero-order chi connectivity index (χ0) is 18.6. The number of unbranched alkanes of at least 4 members (excludes halogenated alkanes) is 1. The highest BCUT2D eigenvalue weighted by molar-refractivity contribution is 7.80. The molecular formula is C21H28N4OS. The van der Waals surface area contributed by atoms with Crippen LogP contribution in [-0.4, -0.2) is 38.8 Å². The van der Waals surface area contributed by atoms with Crippen LogP contribution in [0.2, 0.25) is 0 Å². The van der Waals surface area contributed by atoms with Gasteiger partial charge in [0.15, 0.2) is 5.11 Å². The number of rotatable bonds is 7. The van der Waals surface area contributed by atoms with E-state index in [9.17, 15) is 0 Å². The third-order valence-corrected chi connectivity index (χ3v) is 5.89. The van der Waals surface area contributed by atoms with Gasteiger partial charge in [-0.3, -0.25) is 4.98 Å². The van der Waals surface area contributed by atoms with Gasteiger partial charge in [-0.1, -0.05) is 19.4 Å². The van der Waals surface area contributed by atoms with Crippen LogP contribution < -0.4 is 5.32 Å². The number of hydrogen-bond acceptors (Lipinski definition) is 3. The Labute approximate surface area is 166 Å². The molecule has 3 unspecified atom stereocenters. The summed E-state index contributed by atoms with van der Waals surface area (Å²) >= 11 is 5.72. The van der Waals surface area contributed by atoms with E-state index in [4.69, 9.17) is 17.0 Å². The highest BCUT2D eigenvalue weighted by atomic mass is 32.1. The first kappa shape index (κ1) is 18.4. The zero-order valence-electron chi connectivity index (χ0n) is 15.9. The molecular weight excluding hydrogens is 356 g/mol. The predicted octanol–water partition coefficient (Wildman–Crippen LogP) is 3.83. The third-order valence-electron chi connectivity index (χ3n) is 5.54.